The Morgan fingerprint density at radius 1 is 0.827 bits per heavy atom. The highest BCUT2D eigenvalue weighted by atomic mass is 35.5. The first-order chi connectivity index (χ1) is 36.1. The molecule has 9 rings (SSSR count). The summed E-state index contributed by atoms with van der Waals surface area (Å²) in [5, 5.41) is 8.91. The van der Waals surface area contributed by atoms with Crippen LogP contribution in [0.25, 0.3) is 0 Å². The highest BCUT2D eigenvalue weighted by molar-refractivity contribution is 7.92. The molecule has 0 bridgehead atoms. The van der Waals surface area contributed by atoms with Gasteiger partial charge in [0.15, 0.2) is 12.1 Å². The molecule has 6 heterocycles. The van der Waals surface area contributed by atoms with Crippen molar-refractivity contribution in [3.63, 3.8) is 0 Å². The first-order valence-electron chi connectivity index (χ1n) is 25.9. The van der Waals surface area contributed by atoms with Crippen molar-refractivity contribution in [1.29, 1.82) is 0 Å². The van der Waals surface area contributed by atoms with Crippen molar-refractivity contribution in [2.24, 2.45) is 11.8 Å². The van der Waals surface area contributed by atoms with Crippen LogP contribution in [0.5, 0.6) is 5.75 Å². The van der Waals surface area contributed by atoms with E-state index in [1.54, 1.807) is 43.5 Å². The van der Waals surface area contributed by atoms with Crippen LogP contribution in [0, 0.1) is 11.8 Å². The molecule has 0 saturated carbocycles. The number of benzene rings is 3. The summed E-state index contributed by atoms with van der Waals surface area (Å²) in [6.07, 6.45) is 9.40. The van der Waals surface area contributed by atoms with Crippen LogP contribution in [0.4, 0.5) is 40.2 Å². The van der Waals surface area contributed by atoms with E-state index in [1.807, 2.05) is 18.2 Å². The number of nitrogens with one attached hydrogen (secondary N) is 4. The van der Waals surface area contributed by atoms with Crippen molar-refractivity contribution < 1.29 is 37.1 Å². The van der Waals surface area contributed by atoms with Crippen molar-refractivity contribution in [2.45, 2.75) is 63.5 Å². The van der Waals surface area contributed by atoms with Crippen molar-refractivity contribution >= 4 is 91.7 Å². The fraction of sp³-hybridized carbons (Fsp3) is 0.491. The Morgan fingerprint density at radius 3 is 2.16 bits per heavy atom. The smallest absolute Gasteiger partial charge is 0.255 e. The van der Waals surface area contributed by atoms with Crippen LogP contribution in [-0.2, 0) is 24.4 Å². The second-order valence-electron chi connectivity index (χ2n) is 20.3. The van der Waals surface area contributed by atoms with Crippen LogP contribution in [0.15, 0.2) is 66.9 Å². The van der Waals surface area contributed by atoms with E-state index < -0.39 is 27.9 Å². The number of likely N-dealkylation sites (N-methyl/N-ethyl adjacent to an activating group) is 1. The average Bonchev–Trinajstić information content (AvgIpc) is 3.42. The molecule has 5 aliphatic rings. The zero-order chi connectivity index (χ0) is 52.8. The predicted molar refractivity (Wildman–Crippen MR) is 289 cm³/mol. The lowest BCUT2D eigenvalue weighted by atomic mass is 9.91. The first-order valence-corrected chi connectivity index (χ1v) is 28.2. The number of rotatable bonds is 16. The van der Waals surface area contributed by atoms with Crippen molar-refractivity contribution in [2.75, 3.05) is 118 Å². The first kappa shape index (κ1) is 53.3. The highest BCUT2D eigenvalue weighted by Crippen LogP contribution is 2.36. The lowest BCUT2D eigenvalue weighted by Gasteiger charge is -2.44. The molecule has 5 fully saturated rings. The van der Waals surface area contributed by atoms with Crippen LogP contribution in [0.1, 0.15) is 72.1 Å². The minimum atomic E-state index is -3.52. The summed E-state index contributed by atoms with van der Waals surface area (Å²) in [7, 11) is -0.359. The number of hydrogen-bond acceptors (Lipinski definition) is 16. The topological polar surface area (TPSA) is 222 Å². The minimum absolute atomic E-state index is 0.0612. The molecule has 4 aromatic rings. The number of sulfonamides is 1. The number of aldehydes is 1. The van der Waals surface area contributed by atoms with Crippen molar-refractivity contribution in [3.05, 3.63) is 83.0 Å². The molecule has 20 nitrogen and oxygen atoms in total. The molecule has 22 heteroatoms. The zero-order valence-corrected chi connectivity index (χ0v) is 44.4. The van der Waals surface area contributed by atoms with E-state index >= 15 is 0 Å². The molecule has 400 valence electrons. The number of imide groups is 1. The molecule has 1 aromatic heterocycles. The number of likely N-dealkylation sites (tertiary alicyclic amines) is 1. The quantitative estimate of drug-likeness (QED) is 0.0812. The van der Waals surface area contributed by atoms with Gasteiger partial charge in [0.1, 0.15) is 16.8 Å². The fourth-order valence-corrected chi connectivity index (χ4v) is 11.9. The van der Waals surface area contributed by atoms with Gasteiger partial charge in [0.25, 0.3) is 5.91 Å². The Kier molecular flexibility index (Phi) is 16.7. The third-order valence-corrected chi connectivity index (χ3v) is 16.3. The van der Waals surface area contributed by atoms with Crippen LogP contribution in [-0.4, -0.2) is 172 Å². The summed E-state index contributed by atoms with van der Waals surface area (Å²) < 4.78 is 32.2. The summed E-state index contributed by atoms with van der Waals surface area (Å²) in [6, 6.07) is 17.9. The van der Waals surface area contributed by atoms with Gasteiger partial charge in [-0.25, -0.2) is 13.4 Å². The molecular weight excluding hydrogens is 1000 g/mol. The maximum absolute atomic E-state index is 13.8. The number of methoxy groups -OCH3 is 1. The predicted octanol–water partition coefficient (Wildman–Crippen LogP) is 5.43. The van der Waals surface area contributed by atoms with E-state index in [9.17, 15) is 32.4 Å². The minimum Gasteiger partial charge on any atom is -0.494 e. The van der Waals surface area contributed by atoms with Crippen molar-refractivity contribution in [3.8, 4) is 5.75 Å². The van der Waals surface area contributed by atoms with E-state index in [4.69, 9.17) is 16.3 Å². The number of piperidine rings is 4. The van der Waals surface area contributed by atoms with Gasteiger partial charge in [-0.15, -0.1) is 0 Å². The van der Waals surface area contributed by atoms with E-state index in [2.05, 4.69) is 61.2 Å². The van der Waals surface area contributed by atoms with E-state index in [0.29, 0.717) is 52.8 Å². The van der Waals surface area contributed by atoms with Gasteiger partial charge in [-0.1, -0.05) is 23.7 Å². The lowest BCUT2D eigenvalue weighted by molar-refractivity contribution is -0.139. The Hall–Kier alpha value is -6.55. The van der Waals surface area contributed by atoms with Gasteiger partial charge in [-0.2, -0.15) is 4.98 Å². The number of amides is 4. The molecule has 4 N–H and O–H groups in total. The Balaban J connectivity index is 0.690. The summed E-state index contributed by atoms with van der Waals surface area (Å²) in [4.78, 5) is 85.6. The van der Waals surface area contributed by atoms with E-state index in [-0.39, 0.29) is 46.8 Å². The third kappa shape index (κ3) is 12.9. The zero-order valence-electron chi connectivity index (χ0n) is 42.8. The monoisotopic (exact) mass is 1070 g/mol. The largest absolute Gasteiger partial charge is 0.494 e. The molecule has 3 aromatic carbocycles. The molecule has 4 amide bonds. The number of halogens is 1. The molecule has 5 saturated heterocycles. The molecule has 5 aliphatic heterocycles. The molecule has 1 atom stereocenters. The third-order valence-electron chi connectivity index (χ3n) is 15.4. The number of nitrogens with zero attached hydrogens (tertiary/aromatic N) is 8. The van der Waals surface area contributed by atoms with Gasteiger partial charge >= 0.3 is 0 Å². The number of carbonyl (C=O) groups is 5. The molecular formula is C53H67ClN12O8S. The number of aromatic nitrogens is 2. The lowest BCUT2D eigenvalue weighted by Crippen LogP contribution is -2.55. The number of carbonyl (C=O) groups excluding carboxylic acids is 5. The van der Waals surface area contributed by atoms with Gasteiger partial charge in [0.05, 0.1) is 42.2 Å². The van der Waals surface area contributed by atoms with Crippen molar-refractivity contribution in [1.82, 2.24) is 34.9 Å². The van der Waals surface area contributed by atoms with E-state index in [0.717, 1.165) is 128 Å². The Labute approximate surface area is 443 Å². The normalized spacial score (nSPS) is 19.8. The fourth-order valence-electron chi connectivity index (χ4n) is 11.2. The summed E-state index contributed by atoms with van der Waals surface area (Å²) in [5.74, 6) is 0.796. The molecule has 0 radical (unpaired) electrons. The second-order valence-corrected chi connectivity index (χ2v) is 22.5. The van der Waals surface area contributed by atoms with Crippen LogP contribution < -0.4 is 35.2 Å². The molecule has 0 spiro atoms. The molecule has 75 heavy (non-hydrogen) atoms. The van der Waals surface area contributed by atoms with Gasteiger partial charge in [0.2, 0.25) is 33.7 Å². The average molecular weight is 1070 g/mol. The Bertz CT molecular complexity index is 2860. The maximum atomic E-state index is 13.8. The van der Waals surface area contributed by atoms with Crippen LogP contribution >= 0.6 is 11.6 Å². The van der Waals surface area contributed by atoms with Gasteiger partial charge in [-0.05, 0) is 106 Å². The summed E-state index contributed by atoms with van der Waals surface area (Å²) in [5.41, 5.74) is 3.93. The van der Waals surface area contributed by atoms with Crippen LogP contribution in [0.2, 0.25) is 5.02 Å². The molecule has 1 unspecified atom stereocenters. The maximum Gasteiger partial charge on any atom is 0.255 e. The summed E-state index contributed by atoms with van der Waals surface area (Å²) >= 11 is 6.46. The highest BCUT2D eigenvalue weighted by Gasteiger charge is 2.36. The standard InChI is InChI=1S/C53H67ClN12O8S/c1-61(46-12-13-48(68)58-50(46)69)52(71)41-30-39(9-8-37(41)34-67)63-22-14-35(15-23-63)33-62-20-16-36(17-21-62)51(70)66-28-26-65(27-29-66)38-18-24-64(25-19-38)40-10-11-45(47(31-40)74-2)57-53-55-32-42(54)49(59-53)56-43-6-4-5-7-44(43)60-75(3,72)73/h4-11,30-32,34-36,38,46,60H,12-29,33H2,1-3H3,(H,58,68,69)(H2,55,56,57,59). The van der Waals surface area contributed by atoms with Gasteiger partial charge < -0.3 is 39.9 Å². The number of hydrogen-bond donors (Lipinski definition) is 4. The molecule has 0 aliphatic carbocycles. The number of anilines is 7. The van der Waals surface area contributed by atoms with E-state index in [1.165, 1.54) is 18.1 Å². The Morgan fingerprint density at radius 2 is 1.49 bits per heavy atom. The van der Waals surface area contributed by atoms with Crippen LogP contribution in [0.3, 0.4) is 0 Å². The summed E-state index contributed by atoms with van der Waals surface area (Å²) in [6.45, 7) is 9.56. The van der Waals surface area contributed by atoms with Gasteiger partial charge in [0, 0.05) is 107 Å². The second kappa shape index (κ2) is 23.6. The number of ether oxygens (including phenoxy) is 1. The SMILES string of the molecule is COc1cc(N2CCC(N3CCN(C(=O)C4CCN(CC5CCN(c6ccc(C=O)c(C(=O)N(C)C7CCC(=O)NC7=O)c6)CC5)CC4)CC3)CC2)ccc1Nc1ncc(Cl)c(Nc2ccccc2NS(C)(=O)=O)n1. The van der Waals surface area contributed by atoms with Gasteiger partial charge in [-0.3, -0.25) is 38.9 Å². The number of piperazine rings is 1. The number of para-hydroxylation sites is 2.